The quantitative estimate of drug-likeness (QED) is 0.762. The van der Waals surface area contributed by atoms with Gasteiger partial charge < -0.3 is 5.32 Å². The lowest BCUT2D eigenvalue weighted by Crippen LogP contribution is -2.33. The second-order valence-electron chi connectivity index (χ2n) is 7.51. The van der Waals surface area contributed by atoms with Crippen LogP contribution in [0.5, 0.6) is 0 Å². The van der Waals surface area contributed by atoms with E-state index < -0.39 is 0 Å². The minimum atomic E-state index is -0.181. The van der Waals surface area contributed by atoms with E-state index in [9.17, 15) is 9.59 Å². The number of aromatic nitrogens is 1. The van der Waals surface area contributed by atoms with Gasteiger partial charge in [-0.15, -0.1) is 22.7 Å². The molecule has 6 nitrogen and oxygen atoms in total. The summed E-state index contributed by atoms with van der Waals surface area (Å²) in [7, 11) is 0. The molecule has 2 aliphatic rings. The second-order valence-corrected chi connectivity index (χ2v) is 9.45. The van der Waals surface area contributed by atoms with Crippen molar-refractivity contribution in [3.63, 3.8) is 0 Å². The molecule has 2 aromatic heterocycles. The molecule has 3 heterocycles. The molecule has 2 N–H and O–H groups in total. The standard InChI is InChI=1S/C19H24N4O2S2/c1-12-3-2-8-23(9-12)10-14-11-26-19(20-14)22-18(25)15-6-7-16(27-15)21-17(24)13-4-5-13/h6-7,11-13H,2-5,8-10H2,1H3,(H,21,24)(H,20,22,25)/t12-/m1/s1. The Bertz CT molecular complexity index is 827. The van der Waals surface area contributed by atoms with E-state index >= 15 is 0 Å². The van der Waals surface area contributed by atoms with Gasteiger partial charge in [0, 0.05) is 24.4 Å². The Morgan fingerprint density at radius 1 is 1.26 bits per heavy atom. The Balaban J connectivity index is 1.31. The van der Waals surface area contributed by atoms with Gasteiger partial charge in [0.25, 0.3) is 5.91 Å². The van der Waals surface area contributed by atoms with E-state index in [0.717, 1.165) is 49.1 Å². The van der Waals surface area contributed by atoms with Gasteiger partial charge in [-0.25, -0.2) is 4.98 Å². The maximum absolute atomic E-state index is 12.4. The van der Waals surface area contributed by atoms with E-state index in [0.29, 0.717) is 10.0 Å². The smallest absolute Gasteiger partial charge is 0.267 e. The highest BCUT2D eigenvalue weighted by molar-refractivity contribution is 7.18. The number of rotatable bonds is 6. The number of hydrogen-bond donors (Lipinski definition) is 2. The molecule has 1 atom stereocenters. The number of carbonyl (C=O) groups excluding carboxylic acids is 2. The van der Waals surface area contributed by atoms with Crippen LogP contribution in [0.25, 0.3) is 0 Å². The molecule has 1 aliphatic heterocycles. The number of nitrogens with zero attached hydrogens (tertiary/aromatic N) is 2. The summed E-state index contributed by atoms with van der Waals surface area (Å²) in [4.78, 5) is 31.8. The van der Waals surface area contributed by atoms with Crippen LogP contribution in [-0.2, 0) is 11.3 Å². The van der Waals surface area contributed by atoms with Crippen LogP contribution in [0, 0.1) is 11.8 Å². The minimum absolute atomic E-state index is 0.0559. The van der Waals surface area contributed by atoms with Gasteiger partial charge in [0.1, 0.15) is 0 Å². The van der Waals surface area contributed by atoms with Gasteiger partial charge >= 0.3 is 0 Å². The van der Waals surface area contributed by atoms with Crippen LogP contribution >= 0.6 is 22.7 Å². The van der Waals surface area contributed by atoms with Gasteiger partial charge in [0.05, 0.1) is 15.6 Å². The van der Waals surface area contributed by atoms with Crippen LogP contribution in [-0.4, -0.2) is 34.8 Å². The van der Waals surface area contributed by atoms with Crippen molar-refractivity contribution in [2.24, 2.45) is 11.8 Å². The van der Waals surface area contributed by atoms with Crippen LogP contribution in [0.2, 0.25) is 0 Å². The zero-order chi connectivity index (χ0) is 18.8. The maximum Gasteiger partial charge on any atom is 0.267 e. The molecule has 0 unspecified atom stereocenters. The molecular formula is C19H24N4O2S2. The van der Waals surface area contributed by atoms with Gasteiger partial charge in [-0.05, 0) is 50.3 Å². The molecule has 144 valence electrons. The molecule has 0 aromatic carbocycles. The van der Waals surface area contributed by atoms with E-state index in [1.165, 1.54) is 35.5 Å². The average molecular weight is 405 g/mol. The van der Waals surface area contributed by atoms with E-state index in [4.69, 9.17) is 0 Å². The molecule has 1 aliphatic carbocycles. The fourth-order valence-electron chi connectivity index (χ4n) is 3.35. The maximum atomic E-state index is 12.4. The van der Waals surface area contributed by atoms with Crippen molar-refractivity contribution in [2.45, 2.75) is 39.2 Å². The first-order valence-corrected chi connectivity index (χ1v) is 11.2. The van der Waals surface area contributed by atoms with Crippen LogP contribution < -0.4 is 10.6 Å². The first-order chi connectivity index (χ1) is 13.1. The summed E-state index contributed by atoms with van der Waals surface area (Å²) in [5.74, 6) is 0.769. The lowest BCUT2D eigenvalue weighted by Gasteiger charge is -2.30. The normalized spacial score (nSPS) is 20.4. The Morgan fingerprint density at radius 3 is 2.89 bits per heavy atom. The zero-order valence-corrected chi connectivity index (χ0v) is 17.0. The van der Waals surface area contributed by atoms with Gasteiger partial charge in [-0.2, -0.15) is 0 Å². The van der Waals surface area contributed by atoms with Crippen molar-refractivity contribution in [1.29, 1.82) is 0 Å². The van der Waals surface area contributed by atoms with Crippen LogP contribution in [0.1, 0.15) is 48.0 Å². The number of thiazole rings is 1. The molecule has 0 spiro atoms. The molecular weight excluding hydrogens is 380 g/mol. The van der Waals surface area contributed by atoms with Gasteiger partial charge in [0.2, 0.25) is 5.91 Å². The predicted octanol–water partition coefficient (Wildman–Crippen LogP) is 4.04. The first-order valence-electron chi connectivity index (χ1n) is 9.45. The topological polar surface area (TPSA) is 74.3 Å². The first kappa shape index (κ1) is 18.6. The molecule has 2 fully saturated rings. The number of thiophene rings is 1. The molecule has 0 radical (unpaired) electrons. The number of anilines is 2. The van der Waals surface area contributed by atoms with Crippen LogP contribution in [0.4, 0.5) is 10.1 Å². The summed E-state index contributed by atoms with van der Waals surface area (Å²) in [6.07, 6.45) is 4.48. The molecule has 2 aromatic rings. The summed E-state index contributed by atoms with van der Waals surface area (Å²) in [5.41, 5.74) is 1.01. The summed E-state index contributed by atoms with van der Waals surface area (Å²) >= 11 is 2.75. The number of likely N-dealkylation sites (tertiary alicyclic amines) is 1. The van der Waals surface area contributed by atoms with Crippen molar-refractivity contribution in [2.75, 3.05) is 23.7 Å². The van der Waals surface area contributed by atoms with E-state index in [1.807, 2.05) is 5.38 Å². The van der Waals surface area contributed by atoms with Crippen molar-refractivity contribution in [1.82, 2.24) is 9.88 Å². The van der Waals surface area contributed by atoms with E-state index in [-0.39, 0.29) is 17.7 Å². The summed E-state index contributed by atoms with van der Waals surface area (Å²) in [5, 5.41) is 9.11. The Morgan fingerprint density at radius 2 is 2.11 bits per heavy atom. The van der Waals surface area contributed by atoms with Crippen molar-refractivity contribution < 1.29 is 9.59 Å². The highest BCUT2D eigenvalue weighted by Gasteiger charge is 2.30. The fourth-order valence-corrected chi connectivity index (χ4v) is 4.85. The van der Waals surface area contributed by atoms with Gasteiger partial charge in [-0.3, -0.25) is 19.8 Å². The fraction of sp³-hybridized carbons (Fsp3) is 0.526. The molecule has 1 saturated carbocycles. The van der Waals surface area contributed by atoms with Crippen LogP contribution in [0.3, 0.4) is 0 Å². The highest BCUT2D eigenvalue weighted by atomic mass is 32.1. The third-order valence-corrected chi connectivity index (χ3v) is 6.73. The lowest BCUT2D eigenvalue weighted by atomic mass is 10.0. The number of carbonyl (C=O) groups is 2. The van der Waals surface area contributed by atoms with E-state index in [2.05, 4.69) is 27.4 Å². The highest BCUT2D eigenvalue weighted by Crippen LogP contribution is 2.32. The largest absolute Gasteiger partial charge is 0.317 e. The van der Waals surface area contributed by atoms with Crippen molar-refractivity contribution in [3.05, 3.63) is 28.1 Å². The summed E-state index contributed by atoms with van der Waals surface area (Å²) in [6.45, 7) is 5.37. The molecule has 1 saturated heterocycles. The molecule has 27 heavy (non-hydrogen) atoms. The van der Waals surface area contributed by atoms with Crippen LogP contribution in [0.15, 0.2) is 17.5 Å². The molecule has 0 bridgehead atoms. The number of hydrogen-bond acceptors (Lipinski definition) is 6. The Labute approximate surface area is 167 Å². The van der Waals surface area contributed by atoms with E-state index in [1.54, 1.807) is 12.1 Å². The molecule has 8 heteroatoms. The lowest BCUT2D eigenvalue weighted by molar-refractivity contribution is -0.117. The summed E-state index contributed by atoms with van der Waals surface area (Å²) in [6, 6.07) is 3.52. The third-order valence-electron chi connectivity index (χ3n) is 4.92. The third kappa shape index (κ3) is 4.94. The Hall–Kier alpha value is -1.77. The average Bonchev–Trinajstić information content (AvgIpc) is 3.24. The number of amides is 2. The summed E-state index contributed by atoms with van der Waals surface area (Å²) < 4.78 is 0. The predicted molar refractivity (Wildman–Crippen MR) is 109 cm³/mol. The second kappa shape index (κ2) is 8.08. The Kier molecular flexibility index (Phi) is 5.56. The van der Waals surface area contributed by atoms with Gasteiger partial charge in [0.15, 0.2) is 5.13 Å². The number of piperidine rings is 1. The van der Waals surface area contributed by atoms with Crippen molar-refractivity contribution in [3.8, 4) is 0 Å². The minimum Gasteiger partial charge on any atom is -0.317 e. The molecule has 2 amide bonds. The number of nitrogens with one attached hydrogen (secondary N) is 2. The van der Waals surface area contributed by atoms with Gasteiger partial charge in [-0.1, -0.05) is 6.92 Å². The SMILES string of the molecule is C[C@@H]1CCCN(Cc2csc(NC(=O)c3ccc(NC(=O)C4CC4)s3)n2)C1. The zero-order valence-electron chi connectivity index (χ0n) is 15.4. The molecule has 4 rings (SSSR count). The van der Waals surface area contributed by atoms with Crippen molar-refractivity contribution >= 4 is 44.6 Å². The monoisotopic (exact) mass is 404 g/mol.